The lowest BCUT2D eigenvalue weighted by Crippen LogP contribution is -2.44. The predicted molar refractivity (Wildman–Crippen MR) is 148 cm³/mol. The largest absolute Gasteiger partial charge is 0.301 e. The Morgan fingerprint density at radius 2 is 1.72 bits per heavy atom. The Bertz CT molecular complexity index is 1620. The fraction of sp³-hybridized carbons (Fsp3) is 0.0800. The summed E-state index contributed by atoms with van der Waals surface area (Å²) in [5, 5.41) is 26.1. The number of thiazole rings is 1. The summed E-state index contributed by atoms with van der Waals surface area (Å²) in [6, 6.07) is 19.1. The Labute approximate surface area is 228 Å². The van der Waals surface area contributed by atoms with Crippen molar-refractivity contribution in [3.63, 3.8) is 0 Å². The Morgan fingerprint density at radius 3 is 2.46 bits per heavy atom. The zero-order valence-electron chi connectivity index (χ0n) is 19.8. The number of nitrogens with one attached hydrogen (secondary N) is 2. The van der Waals surface area contributed by atoms with Gasteiger partial charge in [-0.1, -0.05) is 59.5 Å². The Morgan fingerprint density at radius 1 is 1.00 bits per heavy atom. The molecule has 1 atom stereocenters. The molecule has 0 saturated carbocycles. The molecule has 39 heavy (non-hydrogen) atoms. The van der Waals surface area contributed by atoms with Gasteiger partial charge in [-0.3, -0.25) is 34.8 Å². The van der Waals surface area contributed by atoms with E-state index in [-0.39, 0.29) is 22.8 Å². The number of amides is 2. The number of nitro groups is 2. The van der Waals surface area contributed by atoms with Crippen LogP contribution in [-0.4, -0.2) is 38.2 Å². The van der Waals surface area contributed by atoms with Crippen LogP contribution in [0.3, 0.4) is 0 Å². The zero-order valence-corrected chi connectivity index (χ0v) is 21.5. The highest BCUT2D eigenvalue weighted by Crippen LogP contribution is 2.45. The smallest absolute Gasteiger partial charge is 0.275 e. The number of carbonyl (C=O) groups excluding carboxylic acids is 2. The van der Waals surface area contributed by atoms with E-state index in [9.17, 15) is 29.8 Å². The van der Waals surface area contributed by atoms with E-state index in [4.69, 9.17) is 0 Å². The number of fused-ring (bicyclic) bond motifs is 1. The first-order valence-corrected chi connectivity index (χ1v) is 13.1. The van der Waals surface area contributed by atoms with Crippen LogP contribution in [0.5, 0.6) is 0 Å². The maximum Gasteiger partial charge on any atom is 0.275 e. The second-order valence-electron chi connectivity index (χ2n) is 8.23. The molecule has 5 rings (SSSR count). The van der Waals surface area contributed by atoms with E-state index in [0.717, 1.165) is 22.0 Å². The molecular formula is C25H18N6O6S2. The zero-order chi connectivity index (χ0) is 27.5. The number of thioether (sulfide) groups is 1. The van der Waals surface area contributed by atoms with Gasteiger partial charge < -0.3 is 5.32 Å². The molecule has 0 spiro atoms. The van der Waals surface area contributed by atoms with E-state index in [2.05, 4.69) is 15.7 Å². The molecule has 2 heterocycles. The third-order valence-electron chi connectivity index (χ3n) is 5.60. The van der Waals surface area contributed by atoms with E-state index in [0.29, 0.717) is 16.3 Å². The summed E-state index contributed by atoms with van der Waals surface area (Å²) in [6.07, 6.45) is 1.51. The molecule has 1 aliphatic heterocycles. The van der Waals surface area contributed by atoms with Crippen molar-refractivity contribution in [3.8, 4) is 0 Å². The molecule has 0 aliphatic carbocycles. The molecule has 0 radical (unpaired) electrons. The number of nitro benzene ring substituents is 2. The standard InChI is InChI=1S/C25H18N6O6S2/c32-22(28-25-27-19-9-1-2-10-20(19)39-25)14-26-29-23(33)21(12-15-5-3-7-17(11-15)30(34)35)38-24(29)16-6-4-8-18(13-16)31(36)37/h1-13,24,26H,14H2,(H,27,28,32)/b21-12-. The fourth-order valence-electron chi connectivity index (χ4n) is 3.83. The Balaban J connectivity index is 1.39. The predicted octanol–water partition coefficient (Wildman–Crippen LogP) is 4.87. The minimum Gasteiger partial charge on any atom is -0.301 e. The lowest BCUT2D eigenvalue weighted by atomic mass is 10.2. The average molecular weight is 563 g/mol. The number of benzene rings is 3. The van der Waals surface area contributed by atoms with Gasteiger partial charge in [-0.25, -0.2) is 10.4 Å². The second-order valence-corrected chi connectivity index (χ2v) is 10.4. The van der Waals surface area contributed by atoms with E-state index in [1.54, 1.807) is 12.1 Å². The van der Waals surface area contributed by atoms with E-state index >= 15 is 0 Å². The minimum atomic E-state index is -0.738. The maximum atomic E-state index is 13.4. The first kappa shape index (κ1) is 26.0. The normalized spacial score (nSPS) is 16.1. The number of rotatable bonds is 8. The van der Waals surface area contributed by atoms with E-state index in [1.165, 1.54) is 58.8 Å². The summed E-state index contributed by atoms with van der Waals surface area (Å²) >= 11 is 2.42. The Kier molecular flexibility index (Phi) is 7.31. The van der Waals surface area contributed by atoms with Gasteiger partial charge in [0, 0.05) is 24.3 Å². The molecule has 1 aromatic heterocycles. The first-order valence-electron chi connectivity index (χ1n) is 11.4. The monoisotopic (exact) mass is 562 g/mol. The molecule has 12 nitrogen and oxygen atoms in total. The fourth-order valence-corrected chi connectivity index (χ4v) is 5.92. The maximum absolute atomic E-state index is 13.4. The lowest BCUT2D eigenvalue weighted by Gasteiger charge is -2.23. The highest BCUT2D eigenvalue weighted by atomic mass is 32.2. The summed E-state index contributed by atoms with van der Waals surface area (Å²) in [6.45, 7) is -0.280. The molecule has 14 heteroatoms. The molecular weight excluding hydrogens is 544 g/mol. The third kappa shape index (κ3) is 5.77. The highest BCUT2D eigenvalue weighted by molar-refractivity contribution is 8.04. The lowest BCUT2D eigenvalue weighted by molar-refractivity contribution is -0.385. The van der Waals surface area contributed by atoms with Gasteiger partial charge in [-0.2, -0.15) is 0 Å². The third-order valence-corrected chi connectivity index (χ3v) is 7.80. The van der Waals surface area contributed by atoms with E-state index in [1.807, 2.05) is 24.3 Å². The number of anilines is 1. The van der Waals surface area contributed by atoms with Crippen molar-refractivity contribution in [2.45, 2.75) is 5.37 Å². The van der Waals surface area contributed by atoms with Crippen molar-refractivity contribution < 1.29 is 19.4 Å². The number of nitrogens with zero attached hydrogens (tertiary/aromatic N) is 4. The van der Waals surface area contributed by atoms with Crippen LogP contribution in [0.15, 0.2) is 77.7 Å². The first-order chi connectivity index (χ1) is 18.8. The van der Waals surface area contributed by atoms with Gasteiger partial charge in [0.1, 0.15) is 5.37 Å². The number of hydrazine groups is 1. The Hall–Kier alpha value is -4.66. The number of aromatic nitrogens is 1. The van der Waals surface area contributed by atoms with Crippen LogP contribution in [0.25, 0.3) is 16.3 Å². The summed E-state index contributed by atoms with van der Waals surface area (Å²) in [4.78, 5) is 52.1. The number of hydrogen-bond acceptors (Lipinski definition) is 10. The molecule has 4 aromatic rings. The van der Waals surface area contributed by atoms with Crippen LogP contribution in [0.1, 0.15) is 16.5 Å². The summed E-state index contributed by atoms with van der Waals surface area (Å²) in [5.74, 6) is -0.934. The summed E-state index contributed by atoms with van der Waals surface area (Å²) in [5.41, 5.74) is 4.21. The van der Waals surface area contributed by atoms with Gasteiger partial charge in [0.15, 0.2) is 5.13 Å². The summed E-state index contributed by atoms with van der Waals surface area (Å²) in [7, 11) is 0. The van der Waals surface area contributed by atoms with Crippen LogP contribution in [-0.2, 0) is 9.59 Å². The van der Waals surface area contributed by atoms with Crippen LogP contribution >= 0.6 is 23.1 Å². The van der Waals surface area contributed by atoms with Gasteiger partial charge in [0.25, 0.3) is 17.3 Å². The molecule has 1 saturated heterocycles. The number of non-ortho nitro benzene ring substituents is 2. The molecule has 3 aromatic carbocycles. The topological polar surface area (TPSA) is 161 Å². The molecule has 1 unspecified atom stereocenters. The van der Waals surface area contributed by atoms with Crippen molar-refractivity contribution in [2.75, 3.05) is 11.9 Å². The van der Waals surface area contributed by atoms with Gasteiger partial charge in [-0.15, -0.1) is 0 Å². The van der Waals surface area contributed by atoms with Gasteiger partial charge in [0.05, 0.1) is 31.5 Å². The second kappa shape index (κ2) is 11.0. The SMILES string of the molecule is O=C(CNN1C(=O)/C(=C/c2cccc([N+](=O)[O-])c2)SC1c1cccc([N+](=O)[O-])c1)Nc1nc2ccccc2s1. The van der Waals surface area contributed by atoms with Gasteiger partial charge in [0.2, 0.25) is 5.91 Å². The van der Waals surface area contributed by atoms with Crippen LogP contribution in [0.4, 0.5) is 16.5 Å². The van der Waals surface area contributed by atoms with Gasteiger partial charge >= 0.3 is 0 Å². The summed E-state index contributed by atoms with van der Waals surface area (Å²) < 4.78 is 0.911. The quantitative estimate of drug-likeness (QED) is 0.173. The highest BCUT2D eigenvalue weighted by Gasteiger charge is 2.38. The average Bonchev–Trinajstić information content (AvgIpc) is 3.47. The number of hydrogen-bond donors (Lipinski definition) is 2. The molecule has 1 fully saturated rings. The van der Waals surface area contributed by atoms with Crippen molar-refractivity contribution in [2.24, 2.45) is 0 Å². The van der Waals surface area contributed by atoms with Crippen LogP contribution < -0.4 is 10.7 Å². The molecule has 2 amide bonds. The van der Waals surface area contributed by atoms with Crippen LogP contribution in [0.2, 0.25) is 0 Å². The van der Waals surface area contributed by atoms with Crippen molar-refractivity contribution in [1.82, 2.24) is 15.4 Å². The van der Waals surface area contributed by atoms with Crippen molar-refractivity contribution in [1.29, 1.82) is 0 Å². The minimum absolute atomic E-state index is 0.128. The number of para-hydroxylation sites is 1. The van der Waals surface area contributed by atoms with Crippen molar-refractivity contribution in [3.05, 3.63) is 109 Å². The molecule has 1 aliphatic rings. The van der Waals surface area contributed by atoms with Gasteiger partial charge in [-0.05, 0) is 29.3 Å². The van der Waals surface area contributed by atoms with Crippen molar-refractivity contribution >= 4 is 67.7 Å². The molecule has 0 bridgehead atoms. The number of carbonyl (C=O) groups is 2. The van der Waals surface area contributed by atoms with Crippen LogP contribution in [0, 0.1) is 20.2 Å². The molecule has 2 N–H and O–H groups in total. The molecule has 196 valence electrons. The van der Waals surface area contributed by atoms with E-state index < -0.39 is 27.0 Å².